The van der Waals surface area contributed by atoms with Crippen molar-refractivity contribution in [3.05, 3.63) is 7.11 Å². The molecule has 1 nitrogen and oxygen atoms in total. The van der Waals surface area contributed by atoms with Crippen LogP contribution in [0.5, 0.6) is 0 Å². The van der Waals surface area contributed by atoms with E-state index >= 15 is 0 Å². The second kappa shape index (κ2) is 11.0. The fourth-order valence-corrected chi connectivity index (χ4v) is 1.79. The van der Waals surface area contributed by atoms with Crippen molar-refractivity contribution in [3.63, 3.8) is 0 Å². The van der Waals surface area contributed by atoms with Gasteiger partial charge in [-0.3, -0.25) is 0 Å². The van der Waals surface area contributed by atoms with Gasteiger partial charge in [0.15, 0.2) is 0 Å². The zero-order chi connectivity index (χ0) is 10.6. The zero-order valence-electron chi connectivity index (χ0n) is 10.1. The van der Waals surface area contributed by atoms with Gasteiger partial charge in [0.2, 0.25) is 0 Å². The Kier molecular flexibility index (Phi) is 11.0. The first-order chi connectivity index (χ1) is 6.85. The van der Waals surface area contributed by atoms with E-state index in [1.165, 1.54) is 57.8 Å². The molecule has 0 aromatic heterocycles. The molecule has 0 amide bonds. The van der Waals surface area contributed by atoms with E-state index in [4.69, 9.17) is 4.74 Å². The molecule has 14 heavy (non-hydrogen) atoms. The highest BCUT2D eigenvalue weighted by atomic mass is 16.5. The van der Waals surface area contributed by atoms with Crippen molar-refractivity contribution in [1.82, 2.24) is 0 Å². The van der Waals surface area contributed by atoms with E-state index in [0.29, 0.717) is 6.10 Å². The lowest BCUT2D eigenvalue weighted by molar-refractivity contribution is 0.117. The maximum Gasteiger partial charge on any atom is 0.0704 e. The molecule has 0 aliphatic carbocycles. The Balaban J connectivity index is 3.15. The third-order valence-corrected chi connectivity index (χ3v) is 2.73. The highest BCUT2D eigenvalue weighted by Crippen LogP contribution is 2.13. The number of hydrogen-bond acceptors (Lipinski definition) is 1. The summed E-state index contributed by atoms with van der Waals surface area (Å²) in [4.78, 5) is 0. The molecule has 1 radical (unpaired) electrons. The molecule has 0 aromatic rings. The van der Waals surface area contributed by atoms with E-state index in [9.17, 15) is 0 Å². The van der Waals surface area contributed by atoms with Crippen molar-refractivity contribution in [2.24, 2.45) is 0 Å². The summed E-state index contributed by atoms with van der Waals surface area (Å²) in [7, 11) is 3.53. The third-order valence-electron chi connectivity index (χ3n) is 2.73. The molecular formula is C13H27O. The average Bonchev–Trinajstić information content (AvgIpc) is 2.21. The van der Waals surface area contributed by atoms with Crippen LogP contribution in [-0.2, 0) is 4.74 Å². The van der Waals surface area contributed by atoms with Crippen LogP contribution in [0.4, 0.5) is 0 Å². The summed E-state index contributed by atoms with van der Waals surface area (Å²) in [5.41, 5.74) is 0. The van der Waals surface area contributed by atoms with Gasteiger partial charge in [-0.2, -0.15) is 0 Å². The lowest BCUT2D eigenvalue weighted by Gasteiger charge is -2.13. The van der Waals surface area contributed by atoms with Crippen LogP contribution in [0.3, 0.4) is 0 Å². The van der Waals surface area contributed by atoms with Crippen molar-refractivity contribution in [2.75, 3.05) is 0 Å². The molecule has 0 aliphatic heterocycles. The highest BCUT2D eigenvalue weighted by Gasteiger charge is 2.04. The minimum absolute atomic E-state index is 0.408. The standard InChI is InChI=1S/C13H27O/c1-4-6-7-8-9-10-12-13(14-3)11-5-2/h13H,3-12H2,1-2H3. The summed E-state index contributed by atoms with van der Waals surface area (Å²) in [6.07, 6.45) is 12.2. The molecule has 0 aromatic carbocycles. The smallest absolute Gasteiger partial charge is 0.0704 e. The second-order valence-corrected chi connectivity index (χ2v) is 4.13. The summed E-state index contributed by atoms with van der Waals surface area (Å²) < 4.78 is 5.17. The van der Waals surface area contributed by atoms with Crippen LogP contribution in [0.15, 0.2) is 0 Å². The number of rotatable bonds is 10. The van der Waals surface area contributed by atoms with Crippen molar-refractivity contribution in [3.8, 4) is 0 Å². The molecule has 0 saturated carbocycles. The summed E-state index contributed by atoms with van der Waals surface area (Å²) in [6, 6.07) is 0. The normalized spacial score (nSPS) is 13.1. The lowest BCUT2D eigenvalue weighted by atomic mass is 10.0. The fourth-order valence-electron chi connectivity index (χ4n) is 1.79. The van der Waals surface area contributed by atoms with Crippen LogP contribution in [0.25, 0.3) is 0 Å². The van der Waals surface area contributed by atoms with E-state index < -0.39 is 0 Å². The van der Waals surface area contributed by atoms with Gasteiger partial charge in [0.1, 0.15) is 0 Å². The molecule has 1 unspecified atom stereocenters. The molecule has 0 saturated heterocycles. The van der Waals surface area contributed by atoms with E-state index in [1.54, 1.807) is 0 Å². The summed E-state index contributed by atoms with van der Waals surface area (Å²) in [5.74, 6) is 0. The Morgan fingerprint density at radius 2 is 1.50 bits per heavy atom. The molecule has 0 heterocycles. The van der Waals surface area contributed by atoms with Crippen molar-refractivity contribution >= 4 is 0 Å². The van der Waals surface area contributed by atoms with Gasteiger partial charge in [0, 0.05) is 0 Å². The molecule has 0 rings (SSSR count). The first-order valence-corrected chi connectivity index (χ1v) is 6.26. The first kappa shape index (κ1) is 14.0. The first-order valence-electron chi connectivity index (χ1n) is 6.26. The Hall–Kier alpha value is -0.0400. The van der Waals surface area contributed by atoms with E-state index in [2.05, 4.69) is 21.0 Å². The topological polar surface area (TPSA) is 9.23 Å². The Labute approximate surface area is 90.2 Å². The summed E-state index contributed by atoms with van der Waals surface area (Å²) in [5, 5.41) is 0. The Bertz CT molecular complexity index is 101. The average molecular weight is 199 g/mol. The fraction of sp³-hybridized carbons (Fsp3) is 0.923. The van der Waals surface area contributed by atoms with Crippen molar-refractivity contribution in [2.45, 2.75) is 77.7 Å². The maximum absolute atomic E-state index is 5.17. The lowest BCUT2D eigenvalue weighted by Crippen LogP contribution is -2.08. The van der Waals surface area contributed by atoms with Gasteiger partial charge in [-0.1, -0.05) is 58.8 Å². The third kappa shape index (κ3) is 8.55. The molecular weight excluding hydrogens is 172 g/mol. The molecule has 0 bridgehead atoms. The van der Waals surface area contributed by atoms with Gasteiger partial charge in [0.25, 0.3) is 0 Å². The van der Waals surface area contributed by atoms with E-state index in [0.717, 1.165) is 0 Å². The number of hydrogen-bond donors (Lipinski definition) is 0. The van der Waals surface area contributed by atoms with Crippen molar-refractivity contribution in [1.29, 1.82) is 0 Å². The Morgan fingerprint density at radius 1 is 0.857 bits per heavy atom. The van der Waals surface area contributed by atoms with Crippen LogP contribution in [0, 0.1) is 7.11 Å². The van der Waals surface area contributed by atoms with Gasteiger partial charge in [-0.15, -0.1) is 0 Å². The molecule has 1 heteroatoms. The van der Waals surface area contributed by atoms with Crippen LogP contribution in [0.2, 0.25) is 0 Å². The summed E-state index contributed by atoms with van der Waals surface area (Å²) in [6.45, 7) is 4.46. The van der Waals surface area contributed by atoms with E-state index in [-0.39, 0.29) is 0 Å². The largest absolute Gasteiger partial charge is 0.376 e. The maximum atomic E-state index is 5.17. The van der Waals surface area contributed by atoms with Gasteiger partial charge in [0.05, 0.1) is 13.2 Å². The molecule has 0 spiro atoms. The van der Waals surface area contributed by atoms with Gasteiger partial charge in [-0.05, 0) is 12.8 Å². The quantitative estimate of drug-likeness (QED) is 0.463. The minimum Gasteiger partial charge on any atom is -0.376 e. The minimum atomic E-state index is 0.408. The number of ether oxygens (including phenoxy) is 1. The SMILES string of the molecule is [CH2]OC(CCC)CCCCCCCC. The van der Waals surface area contributed by atoms with Crippen LogP contribution in [0.1, 0.15) is 71.6 Å². The van der Waals surface area contributed by atoms with Crippen LogP contribution in [-0.4, -0.2) is 6.10 Å². The van der Waals surface area contributed by atoms with Gasteiger partial charge in [-0.25, -0.2) is 0 Å². The van der Waals surface area contributed by atoms with Crippen LogP contribution < -0.4 is 0 Å². The van der Waals surface area contributed by atoms with Gasteiger partial charge < -0.3 is 4.74 Å². The second-order valence-electron chi connectivity index (χ2n) is 4.13. The van der Waals surface area contributed by atoms with E-state index in [1.807, 2.05) is 0 Å². The van der Waals surface area contributed by atoms with Crippen molar-refractivity contribution < 1.29 is 4.74 Å². The highest BCUT2D eigenvalue weighted by molar-refractivity contribution is 4.57. The van der Waals surface area contributed by atoms with Gasteiger partial charge >= 0.3 is 0 Å². The molecule has 0 aliphatic rings. The number of unbranched alkanes of at least 4 members (excludes halogenated alkanes) is 5. The van der Waals surface area contributed by atoms with Crippen LogP contribution >= 0.6 is 0 Å². The Morgan fingerprint density at radius 3 is 2.07 bits per heavy atom. The predicted molar refractivity (Wildman–Crippen MR) is 63.1 cm³/mol. The molecule has 1 atom stereocenters. The summed E-state index contributed by atoms with van der Waals surface area (Å²) >= 11 is 0. The monoisotopic (exact) mass is 199 g/mol. The zero-order valence-corrected chi connectivity index (χ0v) is 10.1. The molecule has 85 valence electrons. The predicted octanol–water partition coefficient (Wildman–Crippen LogP) is 4.71. The molecule has 0 fully saturated rings. The molecule has 0 N–H and O–H groups in total.